The van der Waals surface area contributed by atoms with E-state index in [-0.39, 0.29) is 0 Å². The zero-order chi connectivity index (χ0) is 16.9. The third-order valence-corrected chi connectivity index (χ3v) is 6.08. The molecule has 7 heteroatoms. The van der Waals surface area contributed by atoms with Gasteiger partial charge in [0.1, 0.15) is 10.8 Å². The Morgan fingerprint density at radius 3 is 2.88 bits per heavy atom. The molecule has 4 nitrogen and oxygen atoms in total. The van der Waals surface area contributed by atoms with Crippen LogP contribution in [0.2, 0.25) is 0 Å². The van der Waals surface area contributed by atoms with Gasteiger partial charge in [-0.05, 0) is 41.5 Å². The second-order valence-corrected chi connectivity index (χ2v) is 8.20. The Kier molecular flexibility index (Phi) is 5.97. The summed E-state index contributed by atoms with van der Waals surface area (Å²) in [6, 6.07) is 4.04. The van der Waals surface area contributed by atoms with Gasteiger partial charge in [-0.2, -0.15) is 0 Å². The van der Waals surface area contributed by atoms with E-state index in [1.807, 2.05) is 12.5 Å². The molecule has 0 spiro atoms. The Hall–Kier alpha value is -1.31. The van der Waals surface area contributed by atoms with Crippen molar-refractivity contribution in [1.29, 1.82) is 0 Å². The lowest BCUT2D eigenvalue weighted by Gasteiger charge is -2.04. The average Bonchev–Trinajstić information content (AvgIpc) is 2.97. The first kappa shape index (κ1) is 17.5. The smallest absolute Gasteiger partial charge is 0.190 e. The van der Waals surface area contributed by atoms with Gasteiger partial charge >= 0.3 is 0 Å². The lowest BCUT2D eigenvalue weighted by atomic mass is 10.1. The van der Waals surface area contributed by atoms with E-state index in [4.69, 9.17) is 5.73 Å². The lowest BCUT2D eigenvalue weighted by Crippen LogP contribution is -1.98. The molecule has 0 bridgehead atoms. The number of rotatable bonds is 7. The van der Waals surface area contributed by atoms with Crippen molar-refractivity contribution in [3.63, 3.8) is 0 Å². The molecule has 0 unspecified atom stereocenters. The molecule has 3 aromatic rings. The molecule has 3 heterocycles. The summed E-state index contributed by atoms with van der Waals surface area (Å²) in [5, 5.41) is 5.27. The van der Waals surface area contributed by atoms with Crippen LogP contribution in [0, 0.1) is 0 Å². The molecule has 2 N–H and O–H groups in total. The molecule has 3 aromatic heterocycles. The topological polar surface area (TPSA) is 64.7 Å². The van der Waals surface area contributed by atoms with Crippen LogP contribution in [-0.2, 0) is 12.8 Å². The van der Waals surface area contributed by atoms with Gasteiger partial charge in [-0.3, -0.25) is 4.98 Å². The molecule has 24 heavy (non-hydrogen) atoms. The van der Waals surface area contributed by atoms with Crippen molar-refractivity contribution in [3.8, 4) is 0 Å². The summed E-state index contributed by atoms with van der Waals surface area (Å²) in [4.78, 5) is 13.4. The van der Waals surface area contributed by atoms with Gasteiger partial charge in [-0.25, -0.2) is 9.97 Å². The van der Waals surface area contributed by atoms with Crippen LogP contribution >= 0.6 is 34.9 Å². The Balaban J connectivity index is 1.67. The first-order valence-electron chi connectivity index (χ1n) is 7.86. The molecular formula is C17H20N4S3. The van der Waals surface area contributed by atoms with Crippen LogP contribution in [0.25, 0.3) is 10.1 Å². The maximum Gasteiger partial charge on any atom is 0.190 e. The molecule has 0 amide bonds. The van der Waals surface area contributed by atoms with Gasteiger partial charge in [-0.1, -0.05) is 25.1 Å². The maximum absolute atomic E-state index is 5.82. The van der Waals surface area contributed by atoms with Crippen LogP contribution in [-0.4, -0.2) is 27.0 Å². The number of pyridine rings is 1. The van der Waals surface area contributed by atoms with Gasteiger partial charge in [0.15, 0.2) is 5.16 Å². The molecular weight excluding hydrogens is 356 g/mol. The number of thioether (sulfide) groups is 2. The van der Waals surface area contributed by atoms with Crippen molar-refractivity contribution < 1.29 is 0 Å². The number of aryl methyl sites for hydroxylation is 2. The van der Waals surface area contributed by atoms with Crippen molar-refractivity contribution >= 4 is 50.8 Å². The fourth-order valence-corrected chi connectivity index (χ4v) is 4.71. The molecule has 0 aliphatic carbocycles. The van der Waals surface area contributed by atoms with Crippen LogP contribution in [0.1, 0.15) is 24.6 Å². The second-order valence-electron chi connectivity index (χ2n) is 5.40. The number of nitrogens with two attached hydrogens (primary N) is 1. The Bertz CT molecular complexity index is 832. The van der Waals surface area contributed by atoms with Gasteiger partial charge in [-0.15, -0.1) is 23.1 Å². The molecule has 3 rings (SSSR count). The summed E-state index contributed by atoms with van der Waals surface area (Å²) in [5.41, 5.74) is 8.39. The zero-order valence-corrected chi connectivity index (χ0v) is 16.2. The summed E-state index contributed by atoms with van der Waals surface area (Å²) in [6.07, 6.45) is 7.19. The van der Waals surface area contributed by atoms with E-state index in [1.165, 1.54) is 22.1 Å². The third-order valence-electron chi connectivity index (χ3n) is 3.62. The minimum absolute atomic E-state index is 0.527. The van der Waals surface area contributed by atoms with Crippen LogP contribution < -0.4 is 5.73 Å². The number of hydrogen-bond donors (Lipinski definition) is 1. The Morgan fingerprint density at radius 1 is 1.21 bits per heavy atom. The minimum Gasteiger partial charge on any atom is -0.384 e. The van der Waals surface area contributed by atoms with E-state index in [2.05, 4.69) is 33.3 Å². The van der Waals surface area contributed by atoms with E-state index >= 15 is 0 Å². The van der Waals surface area contributed by atoms with Crippen molar-refractivity contribution in [3.05, 3.63) is 35.0 Å². The highest BCUT2D eigenvalue weighted by atomic mass is 32.2. The van der Waals surface area contributed by atoms with Crippen molar-refractivity contribution in [2.24, 2.45) is 0 Å². The summed E-state index contributed by atoms with van der Waals surface area (Å²) >= 11 is 4.99. The summed E-state index contributed by atoms with van der Waals surface area (Å²) in [5.74, 6) is 1.42. The second kappa shape index (κ2) is 8.18. The fourth-order valence-electron chi connectivity index (χ4n) is 2.47. The highest BCUT2D eigenvalue weighted by molar-refractivity contribution is 7.99. The van der Waals surface area contributed by atoms with Crippen LogP contribution in [0.15, 0.2) is 33.9 Å². The fraction of sp³-hybridized carbons (Fsp3) is 0.353. The summed E-state index contributed by atoms with van der Waals surface area (Å²) < 4.78 is 1.28. The molecule has 0 atom stereocenters. The molecule has 0 saturated carbocycles. The van der Waals surface area contributed by atoms with E-state index in [9.17, 15) is 0 Å². The van der Waals surface area contributed by atoms with E-state index in [0.29, 0.717) is 5.82 Å². The molecule has 0 radical (unpaired) electrons. The molecule has 0 aliphatic rings. The number of thiophene rings is 1. The number of nitrogen functional groups attached to an aromatic ring is 1. The highest BCUT2D eigenvalue weighted by Crippen LogP contribution is 2.27. The molecule has 126 valence electrons. The van der Waals surface area contributed by atoms with Crippen LogP contribution in [0.3, 0.4) is 0 Å². The summed E-state index contributed by atoms with van der Waals surface area (Å²) in [7, 11) is 0. The quantitative estimate of drug-likeness (QED) is 0.367. The van der Waals surface area contributed by atoms with Crippen molar-refractivity contribution in [1.82, 2.24) is 15.0 Å². The lowest BCUT2D eigenvalue weighted by molar-refractivity contribution is 0.898. The molecule has 0 aliphatic heterocycles. The van der Waals surface area contributed by atoms with Gasteiger partial charge < -0.3 is 5.73 Å². The molecule has 0 aromatic carbocycles. The van der Waals surface area contributed by atoms with E-state index in [0.717, 1.165) is 34.5 Å². The minimum atomic E-state index is 0.527. The number of nitrogens with zero attached hydrogens (tertiary/aromatic N) is 3. The van der Waals surface area contributed by atoms with Crippen LogP contribution in [0.5, 0.6) is 0 Å². The standard InChI is InChI=1S/C17H20N4S3/c1-3-4-11-10-24-14-9-19-12(7-13(11)14)5-6-23-17-20-15(18)8-16(21-17)22-2/h7-10H,3-6H2,1-2H3,(H2,18,20,21). The SMILES string of the molecule is CCCc1csc2cnc(CCSc3nc(N)cc(SC)n3)cc12. The molecule has 0 fully saturated rings. The highest BCUT2D eigenvalue weighted by Gasteiger charge is 2.07. The van der Waals surface area contributed by atoms with E-state index < -0.39 is 0 Å². The predicted octanol–water partition coefficient (Wildman–Crippen LogP) is 4.68. The normalized spacial score (nSPS) is 11.2. The van der Waals surface area contributed by atoms with Crippen molar-refractivity contribution in [2.45, 2.75) is 36.4 Å². The maximum atomic E-state index is 5.82. The predicted molar refractivity (Wildman–Crippen MR) is 106 cm³/mol. The van der Waals surface area contributed by atoms with E-state index in [1.54, 1.807) is 40.9 Å². The average molecular weight is 377 g/mol. The van der Waals surface area contributed by atoms with Crippen molar-refractivity contribution in [2.75, 3.05) is 17.7 Å². The van der Waals surface area contributed by atoms with Gasteiger partial charge in [0, 0.05) is 23.7 Å². The van der Waals surface area contributed by atoms with Gasteiger partial charge in [0.25, 0.3) is 0 Å². The summed E-state index contributed by atoms with van der Waals surface area (Å²) in [6.45, 7) is 2.22. The largest absolute Gasteiger partial charge is 0.384 e. The Morgan fingerprint density at radius 2 is 2.08 bits per heavy atom. The first-order chi connectivity index (χ1) is 11.7. The van der Waals surface area contributed by atoms with Gasteiger partial charge in [0.2, 0.25) is 0 Å². The first-order valence-corrected chi connectivity index (χ1v) is 10.9. The third kappa shape index (κ3) is 4.20. The monoisotopic (exact) mass is 376 g/mol. The number of hydrogen-bond acceptors (Lipinski definition) is 7. The zero-order valence-electron chi connectivity index (χ0n) is 13.8. The Labute approximate surface area is 154 Å². The number of aromatic nitrogens is 3. The van der Waals surface area contributed by atoms with Gasteiger partial charge in [0.05, 0.1) is 4.70 Å². The number of anilines is 1. The number of fused-ring (bicyclic) bond motifs is 1. The van der Waals surface area contributed by atoms with Crippen LogP contribution in [0.4, 0.5) is 5.82 Å². The molecule has 0 saturated heterocycles.